The molecule has 0 bridgehead atoms. The summed E-state index contributed by atoms with van der Waals surface area (Å²) in [5.74, 6) is 0.640. The van der Waals surface area contributed by atoms with E-state index in [-0.39, 0.29) is 17.1 Å². The number of rotatable bonds is 6. The number of nitrogens with zero attached hydrogens (tertiary/aromatic N) is 2. The fraction of sp³-hybridized carbons (Fsp3) is 0.182. The van der Waals surface area contributed by atoms with E-state index in [9.17, 15) is 18.5 Å². The molecule has 2 rings (SSSR count). The molecule has 1 heterocycles. The third-order valence-electron chi connectivity index (χ3n) is 2.72. The van der Waals surface area contributed by atoms with Gasteiger partial charge in [0, 0.05) is 31.4 Å². The molecule has 0 spiro atoms. The van der Waals surface area contributed by atoms with Crippen molar-refractivity contribution < 1.29 is 13.3 Å². The van der Waals surface area contributed by atoms with Gasteiger partial charge in [-0.3, -0.25) is 10.1 Å². The molecule has 0 aliphatic carbocycles. The second-order valence-electron chi connectivity index (χ2n) is 4.16. The first kappa shape index (κ1) is 14.9. The van der Waals surface area contributed by atoms with Crippen molar-refractivity contribution in [2.75, 3.05) is 12.3 Å². The van der Waals surface area contributed by atoms with E-state index in [4.69, 9.17) is 5.73 Å². The molecule has 0 saturated carbocycles. The minimum atomic E-state index is -3.84. The average molecular weight is 311 g/mol. The lowest BCUT2D eigenvalue weighted by atomic mass is 10.3. The molecule has 9 nitrogen and oxygen atoms in total. The van der Waals surface area contributed by atoms with Gasteiger partial charge in [-0.1, -0.05) is 0 Å². The number of aromatic nitrogens is 2. The lowest BCUT2D eigenvalue weighted by Crippen LogP contribution is -2.26. The van der Waals surface area contributed by atoms with Crippen LogP contribution in [0.1, 0.15) is 5.82 Å². The Kier molecular flexibility index (Phi) is 4.19. The lowest BCUT2D eigenvalue weighted by molar-refractivity contribution is -0.384. The summed E-state index contributed by atoms with van der Waals surface area (Å²) >= 11 is 0. The summed E-state index contributed by atoms with van der Waals surface area (Å²) in [5.41, 5.74) is 4.90. The van der Waals surface area contributed by atoms with Gasteiger partial charge in [-0.05, 0) is 12.1 Å². The molecule has 21 heavy (non-hydrogen) atoms. The minimum Gasteiger partial charge on any atom is -0.393 e. The molecule has 0 radical (unpaired) electrons. The van der Waals surface area contributed by atoms with Crippen molar-refractivity contribution in [3.8, 4) is 0 Å². The van der Waals surface area contributed by atoms with Crippen LogP contribution >= 0.6 is 0 Å². The molecule has 4 N–H and O–H groups in total. The molecule has 0 saturated heterocycles. The first-order valence-corrected chi connectivity index (χ1v) is 7.40. The molecular formula is C11H13N5O4S. The Balaban J connectivity index is 2.12. The first-order chi connectivity index (χ1) is 9.90. The maximum atomic E-state index is 12.0. The van der Waals surface area contributed by atoms with Crippen molar-refractivity contribution >= 4 is 21.4 Å². The third-order valence-corrected chi connectivity index (χ3v) is 4.18. The van der Waals surface area contributed by atoms with E-state index in [2.05, 4.69) is 14.7 Å². The van der Waals surface area contributed by atoms with Crippen LogP contribution in [0.5, 0.6) is 0 Å². The van der Waals surface area contributed by atoms with E-state index < -0.39 is 20.6 Å². The molecule has 1 aromatic heterocycles. The second kappa shape index (κ2) is 5.89. The predicted molar refractivity (Wildman–Crippen MR) is 75.0 cm³/mol. The number of nitro groups is 1. The van der Waals surface area contributed by atoms with Crippen LogP contribution < -0.4 is 10.5 Å². The molecule has 0 aliphatic rings. The highest BCUT2D eigenvalue weighted by atomic mass is 32.2. The van der Waals surface area contributed by atoms with E-state index in [1.54, 1.807) is 12.4 Å². The topological polar surface area (TPSA) is 144 Å². The Morgan fingerprint density at radius 1 is 1.43 bits per heavy atom. The monoisotopic (exact) mass is 311 g/mol. The Bertz CT molecular complexity index is 742. The number of H-pyrrole nitrogens is 1. The molecular weight excluding hydrogens is 298 g/mol. The standard InChI is InChI=1S/C11H13N5O4S/c12-9-2-1-8(7-10(9)16(17)18)21(19,20)15-4-3-11-13-5-6-14-11/h1-2,5-7,15H,3-4,12H2,(H,13,14). The van der Waals surface area contributed by atoms with Crippen molar-refractivity contribution in [2.45, 2.75) is 11.3 Å². The number of benzene rings is 1. The predicted octanol–water partition coefficient (Wildman–Crippen LogP) is 0.421. The molecule has 0 atom stereocenters. The van der Waals surface area contributed by atoms with Gasteiger partial charge >= 0.3 is 0 Å². The van der Waals surface area contributed by atoms with Crippen LogP contribution in [0.15, 0.2) is 35.5 Å². The van der Waals surface area contributed by atoms with Crippen LogP contribution in [0.2, 0.25) is 0 Å². The van der Waals surface area contributed by atoms with Gasteiger partial charge < -0.3 is 10.7 Å². The number of sulfonamides is 1. The summed E-state index contributed by atoms with van der Waals surface area (Å²) in [6.45, 7) is 0.119. The maximum Gasteiger partial charge on any atom is 0.293 e. The quantitative estimate of drug-likeness (QED) is 0.400. The van der Waals surface area contributed by atoms with Gasteiger partial charge in [-0.25, -0.2) is 18.1 Å². The minimum absolute atomic E-state index is 0.0884. The van der Waals surface area contributed by atoms with Gasteiger partial charge in [0.15, 0.2) is 0 Å². The van der Waals surface area contributed by atoms with Crippen LogP contribution in [0.4, 0.5) is 11.4 Å². The van der Waals surface area contributed by atoms with Gasteiger partial charge in [-0.15, -0.1) is 0 Å². The van der Waals surface area contributed by atoms with E-state index >= 15 is 0 Å². The largest absolute Gasteiger partial charge is 0.393 e. The van der Waals surface area contributed by atoms with Gasteiger partial charge in [0.25, 0.3) is 5.69 Å². The van der Waals surface area contributed by atoms with Crippen molar-refractivity contribution in [3.63, 3.8) is 0 Å². The molecule has 2 aromatic rings. The number of hydrogen-bond acceptors (Lipinski definition) is 6. The normalized spacial score (nSPS) is 11.4. The summed E-state index contributed by atoms with van der Waals surface area (Å²) in [7, 11) is -3.84. The lowest BCUT2D eigenvalue weighted by Gasteiger charge is -2.06. The van der Waals surface area contributed by atoms with Gasteiger partial charge in [0.2, 0.25) is 10.0 Å². The highest BCUT2D eigenvalue weighted by Crippen LogP contribution is 2.24. The zero-order chi connectivity index (χ0) is 15.5. The Morgan fingerprint density at radius 3 is 2.81 bits per heavy atom. The Labute approximate surface area is 120 Å². The van der Waals surface area contributed by atoms with Crippen molar-refractivity contribution in [1.29, 1.82) is 0 Å². The van der Waals surface area contributed by atoms with Crippen LogP contribution in [-0.2, 0) is 16.4 Å². The van der Waals surface area contributed by atoms with Crippen LogP contribution in [-0.4, -0.2) is 29.9 Å². The molecule has 0 amide bonds. The molecule has 112 valence electrons. The Hall–Kier alpha value is -2.46. The number of hydrogen-bond donors (Lipinski definition) is 3. The number of imidazole rings is 1. The summed E-state index contributed by atoms with van der Waals surface area (Å²) in [6, 6.07) is 3.35. The van der Waals surface area contributed by atoms with E-state index in [0.29, 0.717) is 12.2 Å². The fourth-order valence-electron chi connectivity index (χ4n) is 1.67. The van der Waals surface area contributed by atoms with Crippen molar-refractivity contribution in [3.05, 3.63) is 46.5 Å². The van der Waals surface area contributed by atoms with E-state index in [1.165, 1.54) is 12.1 Å². The van der Waals surface area contributed by atoms with E-state index in [0.717, 1.165) is 6.07 Å². The highest BCUT2D eigenvalue weighted by molar-refractivity contribution is 7.89. The summed E-state index contributed by atoms with van der Waals surface area (Å²) in [6.07, 6.45) is 3.57. The molecule has 0 unspecified atom stereocenters. The number of nitrogen functional groups attached to an aromatic ring is 1. The second-order valence-corrected chi connectivity index (χ2v) is 5.93. The van der Waals surface area contributed by atoms with Crippen LogP contribution in [0.3, 0.4) is 0 Å². The number of nitrogens with two attached hydrogens (primary N) is 1. The number of nitro benzene ring substituents is 1. The summed E-state index contributed by atoms with van der Waals surface area (Å²) < 4.78 is 26.4. The summed E-state index contributed by atoms with van der Waals surface area (Å²) in [5, 5.41) is 10.8. The number of nitrogens with one attached hydrogen (secondary N) is 2. The first-order valence-electron chi connectivity index (χ1n) is 5.92. The van der Waals surface area contributed by atoms with Gasteiger partial charge in [0.05, 0.1) is 9.82 Å². The molecule has 0 aliphatic heterocycles. The zero-order valence-electron chi connectivity index (χ0n) is 10.8. The average Bonchev–Trinajstić information content (AvgIpc) is 2.91. The SMILES string of the molecule is Nc1ccc(S(=O)(=O)NCCc2ncc[nH]2)cc1[N+](=O)[O-]. The maximum absolute atomic E-state index is 12.0. The van der Waals surface area contributed by atoms with Gasteiger partial charge in [-0.2, -0.15) is 0 Å². The molecule has 10 heteroatoms. The van der Waals surface area contributed by atoms with Crippen molar-refractivity contribution in [1.82, 2.24) is 14.7 Å². The zero-order valence-corrected chi connectivity index (χ0v) is 11.6. The van der Waals surface area contributed by atoms with Crippen LogP contribution in [0.25, 0.3) is 0 Å². The van der Waals surface area contributed by atoms with Crippen molar-refractivity contribution in [2.24, 2.45) is 0 Å². The van der Waals surface area contributed by atoms with E-state index in [1.807, 2.05) is 0 Å². The molecule has 1 aromatic carbocycles. The highest BCUT2D eigenvalue weighted by Gasteiger charge is 2.19. The number of aromatic amines is 1. The van der Waals surface area contributed by atoms with Crippen LogP contribution in [0, 0.1) is 10.1 Å². The fourth-order valence-corrected chi connectivity index (χ4v) is 2.72. The summed E-state index contributed by atoms with van der Waals surface area (Å²) in [4.78, 5) is 16.6. The number of anilines is 1. The third kappa shape index (κ3) is 3.55. The molecule has 0 fully saturated rings. The van der Waals surface area contributed by atoms with Gasteiger partial charge in [0.1, 0.15) is 11.5 Å². The smallest absolute Gasteiger partial charge is 0.293 e. The Morgan fingerprint density at radius 2 is 2.19 bits per heavy atom.